The van der Waals surface area contributed by atoms with Crippen LogP contribution >= 0.6 is 0 Å². The summed E-state index contributed by atoms with van der Waals surface area (Å²) in [6.07, 6.45) is 5.68. The molecule has 0 aromatic carbocycles. The molecule has 0 spiro atoms. The number of nitrogens with one attached hydrogen (secondary N) is 1. The molecule has 0 saturated heterocycles. The van der Waals surface area contributed by atoms with Crippen LogP contribution in [0.4, 0.5) is 5.82 Å². The van der Waals surface area contributed by atoms with Gasteiger partial charge in [0.05, 0.1) is 18.9 Å². The van der Waals surface area contributed by atoms with Gasteiger partial charge in [-0.2, -0.15) is 14.7 Å². The number of fused-ring (bicyclic) bond motifs is 1. The van der Waals surface area contributed by atoms with Crippen molar-refractivity contribution in [3.05, 3.63) is 42.0 Å². The largest absolute Gasteiger partial charge is 0.368 e. The van der Waals surface area contributed by atoms with Crippen LogP contribution in [0.2, 0.25) is 0 Å². The molecule has 110 valence electrons. The van der Waals surface area contributed by atoms with Gasteiger partial charge in [-0.3, -0.25) is 4.68 Å². The Morgan fingerprint density at radius 3 is 2.86 bits per heavy atom. The molecule has 6 nitrogen and oxygen atoms in total. The molecule has 0 bridgehead atoms. The van der Waals surface area contributed by atoms with Crippen LogP contribution in [0.25, 0.3) is 5.65 Å². The molecule has 3 aromatic heterocycles. The average Bonchev–Trinajstić information content (AvgIpc) is 3.07. The molecule has 0 saturated carbocycles. The average molecular weight is 284 g/mol. The van der Waals surface area contributed by atoms with Crippen molar-refractivity contribution >= 4 is 11.5 Å². The minimum atomic E-state index is 0.388. The van der Waals surface area contributed by atoms with Crippen LogP contribution in [0.1, 0.15) is 31.0 Å². The van der Waals surface area contributed by atoms with Crippen LogP contribution in [-0.4, -0.2) is 30.9 Å². The minimum Gasteiger partial charge on any atom is -0.368 e. The van der Waals surface area contributed by atoms with Crippen molar-refractivity contribution in [3.8, 4) is 0 Å². The molecule has 0 atom stereocenters. The molecule has 21 heavy (non-hydrogen) atoms. The molecule has 6 heteroatoms. The Labute approximate surface area is 123 Å². The standard InChI is InChI=1S/C15H20N6/c1-11(2)13-8-15(21-14(19-13)4-5-17-21)16-6-7-20-10-12(3)9-18-20/h4-5,8-11,16H,6-7H2,1-3H3. The fraction of sp³-hybridized carbons (Fsp3) is 0.400. The van der Waals surface area contributed by atoms with Crippen molar-refractivity contribution < 1.29 is 0 Å². The molecule has 0 aliphatic rings. The van der Waals surface area contributed by atoms with Gasteiger partial charge < -0.3 is 5.32 Å². The van der Waals surface area contributed by atoms with E-state index in [0.29, 0.717) is 5.92 Å². The first kappa shape index (κ1) is 13.6. The molecule has 0 aliphatic carbocycles. The Balaban J connectivity index is 1.77. The smallest absolute Gasteiger partial charge is 0.157 e. The number of nitrogens with zero attached hydrogens (tertiary/aromatic N) is 5. The summed E-state index contributed by atoms with van der Waals surface area (Å²) in [4.78, 5) is 4.61. The molecular formula is C15H20N6. The van der Waals surface area contributed by atoms with E-state index in [2.05, 4.69) is 40.4 Å². The molecule has 0 unspecified atom stereocenters. The van der Waals surface area contributed by atoms with E-state index in [0.717, 1.165) is 30.2 Å². The first-order valence-corrected chi connectivity index (χ1v) is 7.21. The van der Waals surface area contributed by atoms with Crippen LogP contribution in [0.15, 0.2) is 30.7 Å². The van der Waals surface area contributed by atoms with E-state index in [-0.39, 0.29) is 0 Å². The lowest BCUT2D eigenvalue weighted by atomic mass is 10.1. The number of rotatable bonds is 5. The first-order valence-electron chi connectivity index (χ1n) is 7.21. The summed E-state index contributed by atoms with van der Waals surface area (Å²) in [5, 5.41) is 12.0. The van der Waals surface area contributed by atoms with E-state index in [4.69, 9.17) is 0 Å². The number of aryl methyl sites for hydroxylation is 1. The highest BCUT2D eigenvalue weighted by molar-refractivity contribution is 5.49. The van der Waals surface area contributed by atoms with Crippen molar-refractivity contribution in [2.24, 2.45) is 0 Å². The van der Waals surface area contributed by atoms with E-state index >= 15 is 0 Å². The second-order valence-electron chi connectivity index (χ2n) is 5.53. The summed E-state index contributed by atoms with van der Waals surface area (Å²) in [7, 11) is 0. The van der Waals surface area contributed by atoms with Gasteiger partial charge in [-0.25, -0.2) is 4.98 Å². The fourth-order valence-electron chi connectivity index (χ4n) is 2.24. The van der Waals surface area contributed by atoms with Crippen molar-refractivity contribution in [2.45, 2.75) is 33.2 Å². The molecule has 3 heterocycles. The third-order valence-corrected chi connectivity index (χ3v) is 3.38. The summed E-state index contributed by atoms with van der Waals surface area (Å²) < 4.78 is 3.77. The normalized spacial score (nSPS) is 11.4. The molecular weight excluding hydrogens is 264 g/mol. The van der Waals surface area contributed by atoms with E-state index < -0.39 is 0 Å². The monoisotopic (exact) mass is 284 g/mol. The van der Waals surface area contributed by atoms with Crippen LogP contribution in [0, 0.1) is 6.92 Å². The van der Waals surface area contributed by atoms with Crippen molar-refractivity contribution in [3.63, 3.8) is 0 Å². The quantitative estimate of drug-likeness (QED) is 0.782. The molecule has 1 N–H and O–H groups in total. The summed E-state index contributed by atoms with van der Waals surface area (Å²) in [6, 6.07) is 3.99. The number of anilines is 1. The zero-order chi connectivity index (χ0) is 14.8. The Morgan fingerprint density at radius 1 is 1.29 bits per heavy atom. The third kappa shape index (κ3) is 2.89. The summed E-state index contributed by atoms with van der Waals surface area (Å²) in [5.41, 5.74) is 3.12. The third-order valence-electron chi connectivity index (χ3n) is 3.38. The van der Waals surface area contributed by atoms with Gasteiger partial charge >= 0.3 is 0 Å². The van der Waals surface area contributed by atoms with Crippen LogP contribution in [-0.2, 0) is 6.54 Å². The predicted molar refractivity (Wildman–Crippen MR) is 82.5 cm³/mol. The molecule has 0 aliphatic heterocycles. The second-order valence-corrected chi connectivity index (χ2v) is 5.53. The zero-order valence-corrected chi connectivity index (χ0v) is 12.6. The van der Waals surface area contributed by atoms with Gasteiger partial charge in [-0.1, -0.05) is 13.8 Å². The molecule has 3 aromatic rings. The second kappa shape index (κ2) is 5.55. The zero-order valence-electron chi connectivity index (χ0n) is 12.6. The van der Waals surface area contributed by atoms with Crippen molar-refractivity contribution in [2.75, 3.05) is 11.9 Å². The van der Waals surface area contributed by atoms with Gasteiger partial charge in [0.15, 0.2) is 5.65 Å². The summed E-state index contributed by atoms with van der Waals surface area (Å²) in [5.74, 6) is 1.36. The molecule has 0 fully saturated rings. The van der Waals surface area contributed by atoms with E-state index in [9.17, 15) is 0 Å². The lowest BCUT2D eigenvalue weighted by Gasteiger charge is -2.12. The van der Waals surface area contributed by atoms with Crippen molar-refractivity contribution in [1.82, 2.24) is 24.4 Å². The van der Waals surface area contributed by atoms with Gasteiger partial charge in [0, 0.05) is 30.6 Å². The topological polar surface area (TPSA) is 60.0 Å². The number of hydrogen-bond acceptors (Lipinski definition) is 4. The lowest BCUT2D eigenvalue weighted by Crippen LogP contribution is -2.14. The highest BCUT2D eigenvalue weighted by Gasteiger charge is 2.08. The maximum Gasteiger partial charge on any atom is 0.157 e. The highest BCUT2D eigenvalue weighted by atomic mass is 15.3. The minimum absolute atomic E-state index is 0.388. The Bertz CT molecular complexity index is 740. The van der Waals surface area contributed by atoms with Crippen LogP contribution < -0.4 is 5.32 Å². The molecule has 0 amide bonds. The fourth-order valence-corrected chi connectivity index (χ4v) is 2.24. The highest BCUT2D eigenvalue weighted by Crippen LogP contribution is 2.18. The predicted octanol–water partition coefficient (Wildman–Crippen LogP) is 2.47. The van der Waals surface area contributed by atoms with E-state index in [1.54, 1.807) is 6.20 Å². The molecule has 3 rings (SSSR count). The van der Waals surface area contributed by atoms with Gasteiger partial charge in [0.25, 0.3) is 0 Å². The Kier molecular flexibility index (Phi) is 3.60. The first-order chi connectivity index (χ1) is 10.1. The van der Waals surface area contributed by atoms with E-state index in [1.807, 2.05) is 34.6 Å². The Hall–Kier alpha value is -2.37. The van der Waals surface area contributed by atoms with Gasteiger partial charge in [0.1, 0.15) is 5.82 Å². The number of aromatic nitrogens is 5. The SMILES string of the molecule is Cc1cnn(CCNc2cc(C(C)C)nc3ccnn23)c1. The van der Waals surface area contributed by atoms with Gasteiger partial charge in [-0.05, 0) is 18.4 Å². The molecule has 0 radical (unpaired) electrons. The summed E-state index contributed by atoms with van der Waals surface area (Å²) in [6.45, 7) is 7.94. The van der Waals surface area contributed by atoms with Gasteiger partial charge in [-0.15, -0.1) is 0 Å². The summed E-state index contributed by atoms with van der Waals surface area (Å²) >= 11 is 0. The van der Waals surface area contributed by atoms with Gasteiger partial charge in [0.2, 0.25) is 0 Å². The maximum atomic E-state index is 4.61. The van der Waals surface area contributed by atoms with Crippen LogP contribution in [0.3, 0.4) is 0 Å². The Morgan fingerprint density at radius 2 is 2.14 bits per heavy atom. The lowest BCUT2D eigenvalue weighted by molar-refractivity contribution is 0.635. The van der Waals surface area contributed by atoms with E-state index in [1.165, 1.54) is 5.56 Å². The maximum absolute atomic E-state index is 4.61. The number of hydrogen-bond donors (Lipinski definition) is 1. The van der Waals surface area contributed by atoms with Crippen LogP contribution in [0.5, 0.6) is 0 Å². The van der Waals surface area contributed by atoms with Crippen molar-refractivity contribution in [1.29, 1.82) is 0 Å².